The van der Waals surface area contributed by atoms with Crippen molar-refractivity contribution in [1.29, 1.82) is 0 Å². The van der Waals surface area contributed by atoms with Crippen molar-refractivity contribution in [2.75, 3.05) is 13.7 Å². The zero-order chi connectivity index (χ0) is 20.3. The quantitative estimate of drug-likeness (QED) is 0.705. The molecule has 0 radical (unpaired) electrons. The van der Waals surface area contributed by atoms with Gasteiger partial charge in [0, 0.05) is 0 Å². The van der Waals surface area contributed by atoms with Crippen molar-refractivity contribution in [3.63, 3.8) is 0 Å². The van der Waals surface area contributed by atoms with Gasteiger partial charge in [-0.05, 0) is 30.2 Å². The van der Waals surface area contributed by atoms with Crippen LogP contribution < -0.4 is 15.4 Å². The number of hydrogen-bond acceptors (Lipinski definition) is 4. The molecule has 2 amide bonds. The molecule has 1 unspecified atom stereocenters. The van der Waals surface area contributed by atoms with Crippen LogP contribution in [0, 0.1) is 0 Å². The summed E-state index contributed by atoms with van der Waals surface area (Å²) in [6.07, 6.45) is 0. The van der Waals surface area contributed by atoms with Crippen molar-refractivity contribution in [1.82, 2.24) is 10.6 Å². The van der Waals surface area contributed by atoms with Gasteiger partial charge in [-0.2, -0.15) is 0 Å². The molecule has 0 fully saturated rings. The molecule has 1 aliphatic heterocycles. The third-order valence-corrected chi connectivity index (χ3v) is 4.74. The fourth-order valence-corrected chi connectivity index (χ4v) is 3.62. The molecule has 28 heavy (non-hydrogen) atoms. The van der Waals surface area contributed by atoms with Crippen LogP contribution >= 0.6 is 23.2 Å². The molecule has 2 aromatic rings. The molecule has 0 aromatic heterocycles. The number of hydrogen-bond donors (Lipinski definition) is 2. The number of benzene rings is 2. The van der Waals surface area contributed by atoms with Gasteiger partial charge in [0.05, 0.1) is 41.1 Å². The first-order chi connectivity index (χ1) is 13.5. The number of esters is 1. The molecule has 146 valence electrons. The second kappa shape index (κ2) is 8.54. The summed E-state index contributed by atoms with van der Waals surface area (Å²) >= 11 is 12.6. The van der Waals surface area contributed by atoms with Crippen molar-refractivity contribution < 1.29 is 19.1 Å². The van der Waals surface area contributed by atoms with E-state index in [1.165, 1.54) is 7.11 Å². The molecule has 2 aromatic carbocycles. The fourth-order valence-electron chi connectivity index (χ4n) is 3.01. The Kier molecular flexibility index (Phi) is 6.11. The molecule has 0 bridgehead atoms. The summed E-state index contributed by atoms with van der Waals surface area (Å²) in [6.45, 7) is 2.21. The van der Waals surface area contributed by atoms with Crippen molar-refractivity contribution in [3.8, 4) is 5.75 Å². The SMILES string of the molecule is CCOc1c(Cl)cc(C2NC(=O)NC(c3ccccc3)=C2C(=O)OC)cc1Cl. The average molecular weight is 421 g/mol. The molecule has 8 heteroatoms. The van der Waals surface area contributed by atoms with Crippen LogP contribution in [0.4, 0.5) is 4.79 Å². The summed E-state index contributed by atoms with van der Waals surface area (Å²) in [6, 6.07) is 11.0. The standard InChI is InChI=1S/C20H18Cl2N2O4/c1-3-28-18-13(21)9-12(10-14(18)22)17-15(19(25)27-2)16(23-20(26)24-17)11-7-5-4-6-8-11/h4-10,17H,3H2,1-2H3,(H2,23,24,26). The van der Waals surface area contributed by atoms with E-state index in [1.54, 1.807) is 24.3 Å². The Morgan fingerprint density at radius 1 is 1.14 bits per heavy atom. The smallest absolute Gasteiger partial charge is 0.338 e. The van der Waals surface area contributed by atoms with E-state index in [2.05, 4.69) is 10.6 Å². The summed E-state index contributed by atoms with van der Waals surface area (Å²) in [5.74, 6) is -0.237. The predicted octanol–water partition coefficient (Wildman–Crippen LogP) is 4.33. The highest BCUT2D eigenvalue weighted by molar-refractivity contribution is 6.37. The molecule has 0 saturated carbocycles. The van der Waals surface area contributed by atoms with Gasteiger partial charge in [-0.1, -0.05) is 53.5 Å². The summed E-state index contributed by atoms with van der Waals surface area (Å²) in [5, 5.41) is 5.99. The first kappa shape index (κ1) is 20.0. The van der Waals surface area contributed by atoms with Gasteiger partial charge in [0.15, 0.2) is 5.75 Å². The van der Waals surface area contributed by atoms with E-state index in [-0.39, 0.29) is 15.6 Å². The van der Waals surface area contributed by atoms with Gasteiger partial charge < -0.3 is 20.1 Å². The van der Waals surface area contributed by atoms with Gasteiger partial charge >= 0.3 is 12.0 Å². The van der Waals surface area contributed by atoms with Gasteiger partial charge in [0.25, 0.3) is 0 Å². The topological polar surface area (TPSA) is 76.7 Å². The molecular formula is C20H18Cl2N2O4. The maximum Gasteiger partial charge on any atom is 0.338 e. The van der Waals surface area contributed by atoms with E-state index in [9.17, 15) is 9.59 Å². The lowest BCUT2D eigenvalue weighted by Gasteiger charge is -2.29. The minimum atomic E-state index is -0.804. The zero-order valence-electron chi connectivity index (χ0n) is 15.2. The zero-order valence-corrected chi connectivity index (χ0v) is 16.7. The van der Waals surface area contributed by atoms with Crippen LogP contribution in [0.25, 0.3) is 5.70 Å². The Bertz CT molecular complexity index is 921. The summed E-state index contributed by atoms with van der Waals surface area (Å²) in [5.41, 5.74) is 1.81. The van der Waals surface area contributed by atoms with E-state index in [4.69, 9.17) is 32.7 Å². The third-order valence-electron chi connectivity index (χ3n) is 4.18. The van der Waals surface area contributed by atoms with Crippen LogP contribution in [-0.2, 0) is 9.53 Å². The highest BCUT2D eigenvalue weighted by Crippen LogP contribution is 2.39. The Morgan fingerprint density at radius 2 is 1.79 bits per heavy atom. The van der Waals surface area contributed by atoms with E-state index < -0.39 is 18.0 Å². The van der Waals surface area contributed by atoms with E-state index in [0.717, 1.165) is 0 Å². The maximum atomic E-state index is 12.6. The molecule has 1 aliphatic rings. The fraction of sp³-hybridized carbons (Fsp3) is 0.200. The van der Waals surface area contributed by atoms with Gasteiger partial charge in [0.1, 0.15) is 0 Å². The number of urea groups is 1. The molecule has 0 aliphatic carbocycles. The van der Waals surface area contributed by atoms with Gasteiger partial charge in [0.2, 0.25) is 0 Å². The molecule has 1 heterocycles. The number of carbonyl (C=O) groups is 2. The van der Waals surface area contributed by atoms with Crippen LogP contribution in [0.3, 0.4) is 0 Å². The third kappa shape index (κ3) is 3.93. The molecule has 2 N–H and O–H groups in total. The number of ether oxygens (including phenoxy) is 2. The Balaban J connectivity index is 2.18. The molecule has 0 spiro atoms. The van der Waals surface area contributed by atoms with Crippen LogP contribution in [0.1, 0.15) is 24.1 Å². The Hall–Kier alpha value is -2.70. The van der Waals surface area contributed by atoms with Crippen molar-refractivity contribution >= 4 is 40.9 Å². The van der Waals surface area contributed by atoms with E-state index in [0.29, 0.717) is 29.2 Å². The van der Waals surface area contributed by atoms with Crippen molar-refractivity contribution in [3.05, 3.63) is 69.2 Å². The maximum absolute atomic E-state index is 12.6. The predicted molar refractivity (Wildman–Crippen MR) is 107 cm³/mol. The molecule has 6 nitrogen and oxygen atoms in total. The number of methoxy groups -OCH3 is 1. The summed E-state index contributed by atoms with van der Waals surface area (Å²) in [7, 11) is 1.28. The van der Waals surface area contributed by atoms with Crippen LogP contribution in [-0.4, -0.2) is 25.7 Å². The largest absolute Gasteiger partial charge is 0.491 e. The molecular weight excluding hydrogens is 403 g/mol. The van der Waals surface area contributed by atoms with Crippen LogP contribution in [0.2, 0.25) is 10.0 Å². The number of halogens is 2. The summed E-state index contributed by atoms with van der Waals surface area (Å²) < 4.78 is 10.4. The minimum absolute atomic E-state index is 0.240. The second-order valence-electron chi connectivity index (χ2n) is 5.92. The lowest BCUT2D eigenvalue weighted by Crippen LogP contribution is -2.45. The molecule has 0 saturated heterocycles. The first-order valence-electron chi connectivity index (χ1n) is 8.53. The molecule has 3 rings (SSSR count). The monoisotopic (exact) mass is 420 g/mol. The summed E-state index contributed by atoms with van der Waals surface area (Å²) in [4.78, 5) is 24.9. The number of nitrogens with one attached hydrogen (secondary N) is 2. The van der Waals surface area contributed by atoms with Gasteiger partial charge in [-0.15, -0.1) is 0 Å². The Labute approximate surface area is 172 Å². The highest BCUT2D eigenvalue weighted by atomic mass is 35.5. The number of amides is 2. The van der Waals surface area contributed by atoms with Crippen molar-refractivity contribution in [2.24, 2.45) is 0 Å². The van der Waals surface area contributed by atoms with Crippen molar-refractivity contribution in [2.45, 2.75) is 13.0 Å². The van der Waals surface area contributed by atoms with E-state index in [1.807, 2.05) is 25.1 Å². The first-order valence-corrected chi connectivity index (χ1v) is 9.29. The lowest BCUT2D eigenvalue weighted by atomic mass is 9.92. The minimum Gasteiger partial charge on any atom is -0.491 e. The van der Waals surface area contributed by atoms with Gasteiger partial charge in [-0.3, -0.25) is 0 Å². The Morgan fingerprint density at radius 3 is 2.36 bits per heavy atom. The van der Waals surface area contributed by atoms with E-state index >= 15 is 0 Å². The number of carbonyl (C=O) groups excluding carboxylic acids is 2. The average Bonchev–Trinajstić information content (AvgIpc) is 2.70. The number of rotatable bonds is 5. The lowest BCUT2D eigenvalue weighted by molar-refractivity contribution is -0.136. The van der Waals surface area contributed by atoms with Crippen LogP contribution in [0.5, 0.6) is 5.75 Å². The van der Waals surface area contributed by atoms with Gasteiger partial charge in [-0.25, -0.2) is 9.59 Å². The highest BCUT2D eigenvalue weighted by Gasteiger charge is 2.34. The van der Waals surface area contributed by atoms with Crippen LogP contribution in [0.15, 0.2) is 48.0 Å². The molecule has 1 atom stereocenters. The second-order valence-corrected chi connectivity index (χ2v) is 6.74. The normalized spacial score (nSPS) is 16.3.